The maximum atomic E-state index is 5.53. The molecule has 2 aromatic heterocycles. The molecule has 0 amide bonds. The summed E-state index contributed by atoms with van der Waals surface area (Å²) in [5.41, 5.74) is 3.06. The Bertz CT molecular complexity index is 872. The molecule has 3 rings (SSSR count). The van der Waals surface area contributed by atoms with Gasteiger partial charge in [-0.2, -0.15) is 0 Å². The number of aromatic nitrogens is 1. The van der Waals surface area contributed by atoms with Gasteiger partial charge in [0, 0.05) is 19.2 Å². The summed E-state index contributed by atoms with van der Waals surface area (Å²) >= 11 is 1.60. The standard InChI is InChI=1S/C19H22N4O2S/c1-13-6-7-14(16(9-13)24-3)10-21-19(20-2)22-11-15-12-25-18(23-15)17-5-4-8-26-17/h4-9,12H,10-11H2,1-3H3,(H2,20,21,22). The molecule has 2 N–H and O–H groups in total. The number of methoxy groups -OCH3 is 1. The van der Waals surface area contributed by atoms with Gasteiger partial charge >= 0.3 is 0 Å². The fourth-order valence-corrected chi connectivity index (χ4v) is 3.13. The van der Waals surface area contributed by atoms with Crippen LogP contribution in [0, 0.1) is 6.92 Å². The first-order chi connectivity index (χ1) is 12.7. The zero-order valence-corrected chi connectivity index (χ0v) is 15.9. The van der Waals surface area contributed by atoms with Crippen molar-refractivity contribution in [3.8, 4) is 16.5 Å². The number of hydrogen-bond acceptors (Lipinski definition) is 5. The molecule has 0 unspecified atom stereocenters. The molecule has 2 heterocycles. The average Bonchev–Trinajstić information content (AvgIpc) is 3.34. The van der Waals surface area contributed by atoms with Crippen molar-refractivity contribution in [1.29, 1.82) is 0 Å². The van der Waals surface area contributed by atoms with Crippen LogP contribution < -0.4 is 15.4 Å². The van der Waals surface area contributed by atoms with Crippen LogP contribution in [0.25, 0.3) is 10.8 Å². The van der Waals surface area contributed by atoms with Crippen molar-refractivity contribution in [2.45, 2.75) is 20.0 Å². The van der Waals surface area contributed by atoms with E-state index in [-0.39, 0.29) is 0 Å². The van der Waals surface area contributed by atoms with Gasteiger partial charge < -0.3 is 19.8 Å². The minimum absolute atomic E-state index is 0.527. The summed E-state index contributed by atoms with van der Waals surface area (Å²) in [4.78, 5) is 9.76. The summed E-state index contributed by atoms with van der Waals surface area (Å²) in [6.45, 7) is 3.19. The van der Waals surface area contributed by atoms with Crippen LogP contribution in [-0.2, 0) is 13.1 Å². The first-order valence-corrected chi connectivity index (χ1v) is 9.14. The van der Waals surface area contributed by atoms with Gasteiger partial charge in [-0.15, -0.1) is 11.3 Å². The third kappa shape index (κ3) is 4.43. The van der Waals surface area contributed by atoms with E-state index in [2.05, 4.69) is 32.7 Å². The molecule has 0 atom stereocenters. The lowest BCUT2D eigenvalue weighted by Gasteiger charge is -2.13. The van der Waals surface area contributed by atoms with E-state index in [1.807, 2.05) is 30.5 Å². The van der Waals surface area contributed by atoms with Crippen molar-refractivity contribution in [1.82, 2.24) is 15.6 Å². The van der Waals surface area contributed by atoms with Crippen molar-refractivity contribution in [3.05, 3.63) is 58.8 Å². The minimum Gasteiger partial charge on any atom is -0.496 e. The Hall–Kier alpha value is -2.80. The van der Waals surface area contributed by atoms with Gasteiger partial charge in [-0.1, -0.05) is 18.2 Å². The Morgan fingerprint density at radius 1 is 1.27 bits per heavy atom. The van der Waals surface area contributed by atoms with E-state index in [0.29, 0.717) is 24.9 Å². The van der Waals surface area contributed by atoms with Crippen LogP contribution in [0.2, 0.25) is 0 Å². The lowest BCUT2D eigenvalue weighted by molar-refractivity contribution is 0.408. The topological polar surface area (TPSA) is 71.7 Å². The molecule has 6 nitrogen and oxygen atoms in total. The second kappa shape index (κ2) is 8.53. The van der Waals surface area contributed by atoms with Crippen molar-refractivity contribution in [3.63, 3.8) is 0 Å². The number of nitrogens with zero attached hydrogens (tertiary/aromatic N) is 2. The summed E-state index contributed by atoms with van der Waals surface area (Å²) in [6, 6.07) is 10.1. The van der Waals surface area contributed by atoms with Crippen LogP contribution in [0.3, 0.4) is 0 Å². The first kappa shape index (κ1) is 18.0. The molecule has 0 fully saturated rings. The fraction of sp³-hybridized carbons (Fsp3) is 0.263. The average molecular weight is 370 g/mol. The van der Waals surface area contributed by atoms with E-state index in [1.165, 1.54) is 5.56 Å². The second-order valence-corrected chi connectivity index (χ2v) is 6.66. The Morgan fingerprint density at radius 3 is 2.85 bits per heavy atom. The normalized spacial score (nSPS) is 11.4. The summed E-state index contributed by atoms with van der Waals surface area (Å²) in [5, 5.41) is 8.53. The van der Waals surface area contributed by atoms with E-state index in [0.717, 1.165) is 21.9 Å². The molecule has 3 aromatic rings. The zero-order chi connectivity index (χ0) is 18.4. The van der Waals surface area contributed by atoms with Crippen LogP contribution in [-0.4, -0.2) is 25.1 Å². The predicted molar refractivity (Wildman–Crippen MR) is 105 cm³/mol. The number of aliphatic imine (C=N–C) groups is 1. The summed E-state index contributed by atoms with van der Waals surface area (Å²) < 4.78 is 11.0. The van der Waals surface area contributed by atoms with Crippen molar-refractivity contribution < 1.29 is 9.15 Å². The second-order valence-electron chi connectivity index (χ2n) is 5.72. The lowest BCUT2D eigenvalue weighted by Crippen LogP contribution is -2.36. The number of ether oxygens (including phenoxy) is 1. The van der Waals surface area contributed by atoms with Crippen molar-refractivity contribution >= 4 is 17.3 Å². The molecular formula is C19H22N4O2S. The molecule has 0 aliphatic carbocycles. The number of hydrogen-bond donors (Lipinski definition) is 2. The number of guanidine groups is 1. The fourth-order valence-electron chi connectivity index (χ4n) is 2.47. The predicted octanol–water partition coefficient (Wildman–Crippen LogP) is 3.59. The highest BCUT2D eigenvalue weighted by atomic mass is 32.1. The SMILES string of the molecule is CN=C(NCc1coc(-c2cccs2)n1)NCc1ccc(C)cc1OC. The van der Waals surface area contributed by atoms with E-state index in [9.17, 15) is 0 Å². The van der Waals surface area contributed by atoms with Crippen LogP contribution in [0.5, 0.6) is 5.75 Å². The summed E-state index contributed by atoms with van der Waals surface area (Å²) in [6.07, 6.45) is 1.67. The van der Waals surface area contributed by atoms with E-state index in [1.54, 1.807) is 31.8 Å². The molecule has 0 bridgehead atoms. The summed E-state index contributed by atoms with van der Waals surface area (Å²) in [7, 11) is 3.42. The largest absolute Gasteiger partial charge is 0.496 e. The molecule has 0 saturated carbocycles. The van der Waals surface area contributed by atoms with Crippen LogP contribution >= 0.6 is 11.3 Å². The van der Waals surface area contributed by atoms with Gasteiger partial charge in [0.25, 0.3) is 0 Å². The number of rotatable bonds is 6. The molecule has 0 aliphatic heterocycles. The van der Waals surface area contributed by atoms with Crippen molar-refractivity contribution in [2.24, 2.45) is 4.99 Å². The first-order valence-electron chi connectivity index (χ1n) is 8.26. The van der Waals surface area contributed by atoms with Crippen LogP contribution in [0.15, 0.2) is 51.4 Å². The monoisotopic (exact) mass is 370 g/mol. The number of nitrogens with one attached hydrogen (secondary N) is 2. The highest BCUT2D eigenvalue weighted by Gasteiger charge is 2.09. The van der Waals surface area contributed by atoms with E-state index < -0.39 is 0 Å². The Kier molecular flexibility index (Phi) is 5.91. The highest BCUT2D eigenvalue weighted by molar-refractivity contribution is 7.13. The molecule has 1 aromatic carbocycles. The Labute approximate surface area is 156 Å². The van der Waals surface area contributed by atoms with Gasteiger partial charge in [-0.25, -0.2) is 4.98 Å². The maximum Gasteiger partial charge on any atom is 0.236 e. The molecule has 0 radical (unpaired) electrons. The molecule has 0 spiro atoms. The molecule has 0 aliphatic rings. The maximum absolute atomic E-state index is 5.53. The Morgan fingerprint density at radius 2 is 2.12 bits per heavy atom. The third-order valence-corrected chi connectivity index (χ3v) is 4.69. The quantitative estimate of drug-likeness (QED) is 0.513. The zero-order valence-electron chi connectivity index (χ0n) is 15.1. The molecular weight excluding hydrogens is 348 g/mol. The number of benzene rings is 1. The highest BCUT2D eigenvalue weighted by Crippen LogP contribution is 2.23. The van der Waals surface area contributed by atoms with Gasteiger partial charge in [0.1, 0.15) is 12.0 Å². The number of oxazole rings is 1. The van der Waals surface area contributed by atoms with Crippen molar-refractivity contribution in [2.75, 3.05) is 14.2 Å². The lowest BCUT2D eigenvalue weighted by atomic mass is 10.1. The molecule has 26 heavy (non-hydrogen) atoms. The summed E-state index contributed by atoms with van der Waals surface area (Å²) in [5.74, 6) is 2.20. The van der Waals surface area contributed by atoms with Gasteiger partial charge in [0.15, 0.2) is 5.96 Å². The van der Waals surface area contributed by atoms with Crippen LogP contribution in [0.1, 0.15) is 16.8 Å². The molecule has 0 saturated heterocycles. The molecule has 136 valence electrons. The third-order valence-electron chi connectivity index (χ3n) is 3.83. The Balaban J connectivity index is 1.56. The van der Waals surface area contributed by atoms with E-state index >= 15 is 0 Å². The van der Waals surface area contributed by atoms with Gasteiger partial charge in [0.2, 0.25) is 5.89 Å². The van der Waals surface area contributed by atoms with Gasteiger partial charge in [0.05, 0.1) is 24.2 Å². The number of thiophene rings is 1. The minimum atomic E-state index is 0.527. The van der Waals surface area contributed by atoms with E-state index in [4.69, 9.17) is 9.15 Å². The van der Waals surface area contributed by atoms with Gasteiger partial charge in [-0.05, 0) is 30.0 Å². The van der Waals surface area contributed by atoms with Crippen LogP contribution in [0.4, 0.5) is 0 Å². The molecule has 7 heteroatoms. The smallest absolute Gasteiger partial charge is 0.236 e. The number of aryl methyl sites for hydroxylation is 1. The van der Waals surface area contributed by atoms with Gasteiger partial charge in [-0.3, -0.25) is 4.99 Å².